The van der Waals surface area contributed by atoms with Gasteiger partial charge in [0.1, 0.15) is 0 Å². The Morgan fingerprint density at radius 2 is 1.95 bits per heavy atom. The van der Waals surface area contributed by atoms with E-state index < -0.39 is 0 Å². The lowest BCUT2D eigenvalue weighted by Crippen LogP contribution is -2.48. The molecule has 4 heteroatoms. The van der Waals surface area contributed by atoms with E-state index in [-0.39, 0.29) is 0 Å². The number of hydrogen-bond acceptors (Lipinski definition) is 4. The summed E-state index contributed by atoms with van der Waals surface area (Å²) in [4.78, 5) is 5.04. The minimum absolute atomic E-state index is 0.485. The molecule has 2 heterocycles. The molecule has 1 unspecified atom stereocenters. The number of thioether (sulfide) groups is 1. The van der Waals surface area contributed by atoms with Crippen LogP contribution >= 0.6 is 11.8 Å². The Bertz CT molecular complexity index is 262. The topological polar surface area (TPSA) is 18.5 Å². The lowest BCUT2D eigenvalue weighted by molar-refractivity contribution is 0.151. The summed E-state index contributed by atoms with van der Waals surface area (Å²) in [5, 5.41) is 3.80. The van der Waals surface area contributed by atoms with Crippen LogP contribution in [0.1, 0.15) is 26.7 Å². The van der Waals surface area contributed by atoms with Crippen LogP contribution < -0.4 is 5.32 Å². The Morgan fingerprint density at radius 3 is 2.63 bits per heavy atom. The van der Waals surface area contributed by atoms with Crippen LogP contribution in [-0.4, -0.2) is 73.7 Å². The third-order valence-corrected chi connectivity index (χ3v) is 5.82. The zero-order valence-electron chi connectivity index (χ0n) is 13.0. The zero-order valence-corrected chi connectivity index (χ0v) is 13.8. The molecule has 112 valence electrons. The SMILES string of the molecule is CN1CCN(CCCNC2CSCCC2(C)C)CC1. The van der Waals surface area contributed by atoms with Crippen molar-refractivity contribution >= 4 is 11.8 Å². The van der Waals surface area contributed by atoms with Gasteiger partial charge in [0.15, 0.2) is 0 Å². The van der Waals surface area contributed by atoms with Crippen LogP contribution in [0.15, 0.2) is 0 Å². The van der Waals surface area contributed by atoms with Gasteiger partial charge >= 0.3 is 0 Å². The van der Waals surface area contributed by atoms with E-state index in [0.29, 0.717) is 11.5 Å². The van der Waals surface area contributed by atoms with Gasteiger partial charge in [0.05, 0.1) is 0 Å². The third-order valence-electron chi connectivity index (χ3n) is 4.76. The Kier molecular flexibility index (Phi) is 6.00. The number of rotatable bonds is 5. The van der Waals surface area contributed by atoms with Gasteiger partial charge in [-0.15, -0.1) is 0 Å². The summed E-state index contributed by atoms with van der Waals surface area (Å²) in [5.74, 6) is 2.63. The quantitative estimate of drug-likeness (QED) is 0.775. The average molecular weight is 286 g/mol. The fraction of sp³-hybridized carbons (Fsp3) is 1.00. The summed E-state index contributed by atoms with van der Waals surface area (Å²) in [5.41, 5.74) is 0.485. The van der Waals surface area contributed by atoms with Crippen LogP contribution in [-0.2, 0) is 0 Å². The van der Waals surface area contributed by atoms with Crippen LogP contribution in [0.5, 0.6) is 0 Å². The number of nitrogens with zero attached hydrogens (tertiary/aromatic N) is 2. The van der Waals surface area contributed by atoms with Gasteiger partial charge in [-0.3, -0.25) is 0 Å². The first-order valence-electron chi connectivity index (χ1n) is 7.80. The Balaban J connectivity index is 1.58. The van der Waals surface area contributed by atoms with E-state index in [9.17, 15) is 0 Å². The molecule has 0 bridgehead atoms. The molecule has 2 saturated heterocycles. The molecule has 2 aliphatic rings. The fourth-order valence-electron chi connectivity index (χ4n) is 2.92. The van der Waals surface area contributed by atoms with E-state index in [0.717, 1.165) is 0 Å². The monoisotopic (exact) mass is 285 g/mol. The minimum Gasteiger partial charge on any atom is -0.313 e. The van der Waals surface area contributed by atoms with Crippen LogP contribution in [0.3, 0.4) is 0 Å². The first-order valence-corrected chi connectivity index (χ1v) is 8.95. The van der Waals surface area contributed by atoms with Crippen molar-refractivity contribution in [2.24, 2.45) is 5.41 Å². The smallest absolute Gasteiger partial charge is 0.0209 e. The number of likely N-dealkylation sites (N-methyl/N-ethyl adjacent to an activating group) is 1. The van der Waals surface area contributed by atoms with Gasteiger partial charge in [0.25, 0.3) is 0 Å². The normalized spacial score (nSPS) is 29.5. The van der Waals surface area contributed by atoms with Gasteiger partial charge in [-0.05, 0) is 44.1 Å². The van der Waals surface area contributed by atoms with Gasteiger partial charge in [-0.25, -0.2) is 0 Å². The second-order valence-electron chi connectivity index (χ2n) is 6.82. The highest BCUT2D eigenvalue weighted by atomic mass is 32.2. The van der Waals surface area contributed by atoms with Gasteiger partial charge in [-0.1, -0.05) is 13.8 Å². The molecule has 2 fully saturated rings. The molecule has 2 rings (SSSR count). The van der Waals surface area contributed by atoms with Crippen molar-refractivity contribution in [2.75, 3.05) is 57.8 Å². The lowest BCUT2D eigenvalue weighted by atomic mass is 9.82. The van der Waals surface area contributed by atoms with Crippen molar-refractivity contribution in [1.82, 2.24) is 15.1 Å². The van der Waals surface area contributed by atoms with Crippen molar-refractivity contribution in [3.05, 3.63) is 0 Å². The molecule has 19 heavy (non-hydrogen) atoms. The summed E-state index contributed by atoms with van der Waals surface area (Å²) in [6.07, 6.45) is 2.65. The Labute approximate surface area is 123 Å². The molecule has 0 aromatic rings. The zero-order chi connectivity index (χ0) is 13.7. The summed E-state index contributed by atoms with van der Waals surface area (Å²) >= 11 is 2.11. The molecule has 0 aromatic heterocycles. The number of hydrogen-bond donors (Lipinski definition) is 1. The van der Waals surface area contributed by atoms with E-state index in [4.69, 9.17) is 0 Å². The third kappa shape index (κ3) is 4.92. The fourth-order valence-corrected chi connectivity index (χ4v) is 4.56. The summed E-state index contributed by atoms with van der Waals surface area (Å²) in [6.45, 7) is 12.3. The predicted molar refractivity (Wildman–Crippen MR) is 86.1 cm³/mol. The highest BCUT2D eigenvalue weighted by molar-refractivity contribution is 7.99. The molecule has 2 aliphatic heterocycles. The van der Waals surface area contributed by atoms with Crippen LogP contribution in [0.4, 0.5) is 0 Å². The molecule has 0 spiro atoms. The number of nitrogens with one attached hydrogen (secondary N) is 1. The first-order chi connectivity index (χ1) is 9.08. The second-order valence-corrected chi connectivity index (χ2v) is 7.97. The lowest BCUT2D eigenvalue weighted by Gasteiger charge is -2.39. The van der Waals surface area contributed by atoms with Gasteiger partial charge in [0.2, 0.25) is 0 Å². The van der Waals surface area contributed by atoms with Crippen LogP contribution in [0.25, 0.3) is 0 Å². The van der Waals surface area contributed by atoms with E-state index in [1.165, 1.54) is 63.6 Å². The van der Waals surface area contributed by atoms with E-state index in [2.05, 4.69) is 47.8 Å². The summed E-state index contributed by atoms with van der Waals surface area (Å²) in [7, 11) is 2.22. The highest BCUT2D eigenvalue weighted by Gasteiger charge is 2.31. The molecule has 1 N–H and O–H groups in total. The minimum atomic E-state index is 0.485. The van der Waals surface area contributed by atoms with E-state index >= 15 is 0 Å². The summed E-state index contributed by atoms with van der Waals surface area (Å²) < 4.78 is 0. The highest BCUT2D eigenvalue weighted by Crippen LogP contribution is 2.33. The maximum absolute atomic E-state index is 3.80. The van der Waals surface area contributed by atoms with Crippen LogP contribution in [0.2, 0.25) is 0 Å². The average Bonchev–Trinajstić information content (AvgIpc) is 2.38. The Hall–Kier alpha value is 0.230. The number of piperazine rings is 1. The predicted octanol–water partition coefficient (Wildman–Crippen LogP) is 1.75. The van der Waals surface area contributed by atoms with Crippen molar-refractivity contribution < 1.29 is 0 Å². The van der Waals surface area contributed by atoms with Crippen molar-refractivity contribution in [3.8, 4) is 0 Å². The molecule has 0 amide bonds. The largest absolute Gasteiger partial charge is 0.313 e. The second kappa shape index (κ2) is 7.30. The van der Waals surface area contributed by atoms with E-state index in [1.807, 2.05) is 0 Å². The molecular formula is C15H31N3S. The molecule has 0 aliphatic carbocycles. The molecule has 0 aromatic carbocycles. The van der Waals surface area contributed by atoms with Crippen molar-refractivity contribution in [3.63, 3.8) is 0 Å². The van der Waals surface area contributed by atoms with Crippen LogP contribution in [0, 0.1) is 5.41 Å². The van der Waals surface area contributed by atoms with E-state index in [1.54, 1.807) is 0 Å². The van der Waals surface area contributed by atoms with Crippen molar-refractivity contribution in [2.45, 2.75) is 32.7 Å². The van der Waals surface area contributed by atoms with Crippen molar-refractivity contribution in [1.29, 1.82) is 0 Å². The maximum Gasteiger partial charge on any atom is 0.0209 e. The van der Waals surface area contributed by atoms with Gasteiger partial charge in [0, 0.05) is 38.0 Å². The molecule has 3 nitrogen and oxygen atoms in total. The van der Waals surface area contributed by atoms with Gasteiger partial charge in [-0.2, -0.15) is 11.8 Å². The molecular weight excluding hydrogens is 254 g/mol. The Morgan fingerprint density at radius 1 is 1.21 bits per heavy atom. The standard InChI is InChI=1S/C15H31N3S/c1-15(2)5-12-19-13-14(15)16-6-4-7-18-10-8-17(3)9-11-18/h14,16H,4-13H2,1-3H3. The molecule has 0 saturated carbocycles. The summed E-state index contributed by atoms with van der Waals surface area (Å²) in [6, 6.07) is 0.707. The maximum atomic E-state index is 3.80. The van der Waals surface area contributed by atoms with Gasteiger partial charge < -0.3 is 15.1 Å². The molecule has 1 atom stereocenters. The first kappa shape index (κ1) is 15.6. The molecule has 0 radical (unpaired) electrons.